The van der Waals surface area contributed by atoms with Gasteiger partial charge in [0.1, 0.15) is 33.0 Å². The van der Waals surface area contributed by atoms with Crippen molar-refractivity contribution >= 4 is 94.6 Å². The van der Waals surface area contributed by atoms with E-state index in [0.717, 1.165) is 44.3 Å². The maximum absolute atomic E-state index is 12.5. The van der Waals surface area contributed by atoms with Crippen LogP contribution in [0.25, 0.3) is 0 Å². The number of nitrogens with one attached hydrogen (secondary N) is 10. The number of thiol groups is 1. The minimum atomic E-state index is -0.710. The third-order valence-electron chi connectivity index (χ3n) is 15.7. The molecule has 612 valence electrons. The highest BCUT2D eigenvalue weighted by molar-refractivity contribution is 14.1. The Bertz CT molecular complexity index is 2200. The predicted molar refractivity (Wildman–Crippen MR) is 410 cm³/mol. The van der Waals surface area contributed by atoms with Crippen LogP contribution in [-0.2, 0) is 95.3 Å². The van der Waals surface area contributed by atoms with Gasteiger partial charge in [-0.3, -0.25) is 47.9 Å². The number of hydrogen-bond donors (Lipinski definition) is 14. The number of carbonyl (C=O) groups is 10. The van der Waals surface area contributed by atoms with Crippen molar-refractivity contribution in [2.24, 2.45) is 17.2 Å². The van der Waals surface area contributed by atoms with Gasteiger partial charge in [0.15, 0.2) is 0 Å². The van der Waals surface area contributed by atoms with Gasteiger partial charge in [-0.05, 0) is 89.2 Å². The lowest BCUT2D eigenvalue weighted by Crippen LogP contribution is -2.42. The molecular formula is C70H134IN13O20S. The van der Waals surface area contributed by atoms with Crippen LogP contribution in [0.15, 0.2) is 0 Å². The molecule has 3 atom stereocenters. The number of carbonyl (C=O) groups excluding carboxylic acids is 10. The Balaban J connectivity index is 3.54. The number of unbranched alkanes of at least 4 members (excludes halogenated alkanes) is 17. The highest BCUT2D eigenvalue weighted by Crippen LogP contribution is 2.14. The van der Waals surface area contributed by atoms with E-state index >= 15 is 0 Å². The van der Waals surface area contributed by atoms with Crippen LogP contribution in [0.5, 0.6) is 0 Å². The molecule has 0 heterocycles. The third kappa shape index (κ3) is 73.2. The topological polar surface area (TPSA) is 461 Å². The van der Waals surface area contributed by atoms with E-state index in [1.807, 2.05) is 22.9 Å². The fourth-order valence-corrected chi connectivity index (χ4v) is 10.5. The third-order valence-corrected chi connectivity index (χ3v) is 16.8. The summed E-state index contributed by atoms with van der Waals surface area (Å²) in [5.74, 6) is -1.39. The van der Waals surface area contributed by atoms with Crippen molar-refractivity contribution in [3.8, 4) is 0 Å². The number of halogens is 1. The van der Waals surface area contributed by atoms with Crippen LogP contribution < -0.4 is 68.6 Å². The Kier molecular flexibility index (Phi) is 73.9. The van der Waals surface area contributed by atoms with Crippen molar-refractivity contribution < 1.29 is 95.3 Å². The first-order valence-electron chi connectivity index (χ1n) is 38.1. The van der Waals surface area contributed by atoms with E-state index in [2.05, 4.69) is 64.0 Å². The number of rotatable bonds is 80. The highest BCUT2D eigenvalue weighted by Gasteiger charge is 2.17. The molecule has 0 bridgehead atoms. The molecule has 0 aromatic rings. The first-order valence-corrected chi connectivity index (χ1v) is 39.8. The van der Waals surface area contributed by atoms with E-state index in [4.69, 9.17) is 64.6 Å². The predicted octanol–water partition coefficient (Wildman–Crippen LogP) is 1.11. The molecule has 0 aliphatic carbocycles. The number of ether oxygens (including phenoxy) is 10. The lowest BCUT2D eigenvalue weighted by molar-refractivity contribution is -0.128. The van der Waals surface area contributed by atoms with Crippen molar-refractivity contribution in [2.45, 2.75) is 191 Å². The van der Waals surface area contributed by atoms with Gasteiger partial charge < -0.3 is 112 Å². The zero-order valence-corrected chi connectivity index (χ0v) is 65.8. The summed E-state index contributed by atoms with van der Waals surface area (Å²) in [6.45, 7) is 5.76. The molecule has 105 heavy (non-hydrogen) atoms. The monoisotopic (exact) mass is 1640 g/mol. The molecule has 0 aliphatic heterocycles. The van der Waals surface area contributed by atoms with Gasteiger partial charge in [0.05, 0.1) is 117 Å². The fraction of sp³-hybridized carbons (Fsp3) is 0.857. The van der Waals surface area contributed by atoms with E-state index in [0.29, 0.717) is 90.4 Å². The smallest absolute Gasteiger partial charge is 0.246 e. The summed E-state index contributed by atoms with van der Waals surface area (Å²) in [6.07, 6.45) is 25.6. The number of primary amides is 1. The SMILES string of the molecule is NC(=O)[C@H](CCCCNC(=O)COCCOCCNC(=O)COCCOCCNC(=O)COCCOCCNC(=O)COCCOCCNC(=O)COCCOCCNC(=O)[C@@H](N)CCCCNC(=O)[C@@H](N)CCCCNC(=O)CCCCCNC(=O)CCCCCCCCCCCCCCCS)NI. The second-order valence-corrected chi connectivity index (χ2v) is 26.1. The molecule has 0 rings (SSSR count). The molecule has 33 nitrogen and oxygen atoms in total. The van der Waals surface area contributed by atoms with E-state index in [1.165, 1.54) is 70.6 Å². The molecule has 0 radical (unpaired) electrons. The highest BCUT2D eigenvalue weighted by atomic mass is 127. The quantitative estimate of drug-likeness (QED) is 0.0175. The average Bonchev–Trinajstić information content (AvgIpc) is 2.40. The number of hydrogen-bond acceptors (Lipinski definition) is 24. The maximum Gasteiger partial charge on any atom is 0.246 e. The van der Waals surface area contributed by atoms with Crippen LogP contribution >= 0.6 is 35.5 Å². The molecule has 0 unspecified atom stereocenters. The first kappa shape index (κ1) is 100. The zero-order chi connectivity index (χ0) is 77.0. The minimum Gasteiger partial charge on any atom is -0.377 e. The summed E-state index contributed by atoms with van der Waals surface area (Å²) in [4.78, 5) is 120. The van der Waals surface area contributed by atoms with Gasteiger partial charge >= 0.3 is 0 Å². The van der Waals surface area contributed by atoms with Gasteiger partial charge in [-0.2, -0.15) is 12.6 Å². The fourth-order valence-electron chi connectivity index (χ4n) is 9.70. The van der Waals surface area contributed by atoms with Gasteiger partial charge in [0, 0.05) is 94.6 Å². The van der Waals surface area contributed by atoms with Crippen molar-refractivity contribution in [1.29, 1.82) is 0 Å². The van der Waals surface area contributed by atoms with Gasteiger partial charge in [-0.15, -0.1) is 0 Å². The molecule has 0 aromatic carbocycles. The van der Waals surface area contributed by atoms with Crippen LogP contribution in [0.4, 0.5) is 0 Å². The first-order chi connectivity index (χ1) is 51.1. The molecular weight excluding hydrogens is 1500 g/mol. The molecule has 0 aromatic heterocycles. The van der Waals surface area contributed by atoms with Gasteiger partial charge in [0.2, 0.25) is 59.1 Å². The van der Waals surface area contributed by atoms with Crippen molar-refractivity contribution in [2.75, 3.05) is 197 Å². The van der Waals surface area contributed by atoms with Crippen LogP contribution in [0.1, 0.15) is 173 Å². The second-order valence-electron chi connectivity index (χ2n) is 25.0. The molecule has 10 amide bonds. The molecule has 0 saturated carbocycles. The molecule has 0 spiro atoms. The summed E-state index contributed by atoms with van der Waals surface area (Å²) >= 11 is 6.16. The van der Waals surface area contributed by atoms with E-state index in [9.17, 15) is 47.9 Å². The lowest BCUT2D eigenvalue weighted by atomic mass is 10.0. The molecule has 16 N–H and O–H groups in total. The Morgan fingerprint density at radius 3 is 0.829 bits per heavy atom. The zero-order valence-electron chi connectivity index (χ0n) is 62.8. The molecule has 35 heteroatoms. The summed E-state index contributed by atoms with van der Waals surface area (Å²) in [6, 6.07) is -1.75. The Morgan fingerprint density at radius 1 is 0.276 bits per heavy atom. The van der Waals surface area contributed by atoms with Crippen LogP contribution in [0.2, 0.25) is 0 Å². The van der Waals surface area contributed by atoms with Crippen molar-refractivity contribution in [3.05, 3.63) is 0 Å². The maximum atomic E-state index is 12.5. The Labute approximate surface area is 643 Å². The standard InChI is InChI=1S/C70H134IN13O20S/c71-84-60(68(74)92)25-17-21-30-77-63(87)53-100-47-42-95-37-32-78-64(88)54-101-48-43-96-38-33-79-65(89)55-102-49-44-97-39-34-80-66(90)56-103-50-45-98-40-35-81-67(91)57-104-51-46-99-41-36-83-70(94)59(73)24-16-20-31-82-69(93)58(72)23-15-19-29-76-62(86)27-14-12-18-28-75-61(85)26-13-10-8-6-4-2-1-3-5-7-9-11-22-52-105/h58-60,84,105H,1-57,72-73H2,(H2,74,92)(H,75,85)(H,76,86)(H,77,87)(H,78,88)(H,79,89)(H,80,90)(H,81,91)(H,82,93)(H,83,94)/t58-,59-,60-/m0/s1. The van der Waals surface area contributed by atoms with Crippen molar-refractivity contribution in [1.82, 2.24) is 51.4 Å². The van der Waals surface area contributed by atoms with Gasteiger partial charge in [-0.1, -0.05) is 77.0 Å². The van der Waals surface area contributed by atoms with E-state index in [1.54, 1.807) is 0 Å². The van der Waals surface area contributed by atoms with Crippen LogP contribution in [0, 0.1) is 0 Å². The van der Waals surface area contributed by atoms with E-state index < -0.39 is 24.0 Å². The minimum absolute atomic E-state index is 0.00263. The summed E-state index contributed by atoms with van der Waals surface area (Å²) in [5.41, 5.74) is 17.4. The lowest BCUT2D eigenvalue weighted by Gasteiger charge is -2.14. The number of amides is 10. The largest absolute Gasteiger partial charge is 0.377 e. The summed E-state index contributed by atoms with van der Waals surface area (Å²) in [5, 5.41) is 24.9. The normalized spacial score (nSPS) is 12.0. The van der Waals surface area contributed by atoms with Crippen LogP contribution in [0.3, 0.4) is 0 Å². The van der Waals surface area contributed by atoms with Gasteiger partial charge in [0.25, 0.3) is 0 Å². The van der Waals surface area contributed by atoms with Crippen molar-refractivity contribution in [3.63, 3.8) is 0 Å². The Morgan fingerprint density at radius 2 is 0.514 bits per heavy atom. The molecule has 0 aliphatic rings. The summed E-state index contributed by atoms with van der Waals surface area (Å²) in [7, 11) is 0. The molecule has 0 saturated heterocycles. The molecule has 0 fully saturated rings. The Hall–Kier alpha value is -4.74. The van der Waals surface area contributed by atoms with Gasteiger partial charge in [-0.25, -0.2) is 3.53 Å². The second kappa shape index (κ2) is 77.4. The summed E-state index contributed by atoms with van der Waals surface area (Å²) < 4.78 is 56.4. The van der Waals surface area contributed by atoms with Crippen LogP contribution in [-0.4, -0.2) is 274 Å². The number of nitrogens with two attached hydrogens (primary N) is 3. The average molecular weight is 1640 g/mol. The van der Waals surface area contributed by atoms with E-state index in [-0.39, 0.29) is 218 Å².